The standard InChI is InChI=1S/C10H17N5O2/c1-14-7-9(15(16)17)10(13-14)12-5-3-8-2-4-11-6-8/h7-8,11H,2-6H2,1H3,(H,12,13). The molecule has 0 amide bonds. The van der Waals surface area contributed by atoms with E-state index in [-0.39, 0.29) is 5.69 Å². The van der Waals surface area contributed by atoms with Crippen LogP contribution in [0, 0.1) is 16.0 Å². The molecule has 94 valence electrons. The van der Waals surface area contributed by atoms with Crippen molar-refractivity contribution in [2.75, 3.05) is 25.0 Å². The molecule has 0 bridgehead atoms. The van der Waals surface area contributed by atoms with Gasteiger partial charge >= 0.3 is 5.69 Å². The fourth-order valence-corrected chi connectivity index (χ4v) is 2.09. The molecule has 1 aliphatic rings. The van der Waals surface area contributed by atoms with Crippen LogP contribution in [0.3, 0.4) is 0 Å². The molecule has 7 nitrogen and oxygen atoms in total. The van der Waals surface area contributed by atoms with Gasteiger partial charge in [-0.3, -0.25) is 14.8 Å². The van der Waals surface area contributed by atoms with E-state index in [4.69, 9.17) is 0 Å². The summed E-state index contributed by atoms with van der Waals surface area (Å²) < 4.78 is 1.46. The number of nitrogens with one attached hydrogen (secondary N) is 2. The van der Waals surface area contributed by atoms with Gasteiger partial charge in [-0.2, -0.15) is 0 Å². The van der Waals surface area contributed by atoms with Gasteiger partial charge in [-0.15, -0.1) is 5.10 Å². The molecule has 0 saturated carbocycles. The molecular weight excluding hydrogens is 222 g/mol. The fraction of sp³-hybridized carbons (Fsp3) is 0.700. The van der Waals surface area contributed by atoms with Gasteiger partial charge in [-0.1, -0.05) is 0 Å². The smallest absolute Gasteiger partial charge is 0.330 e. The molecule has 1 saturated heterocycles. The lowest BCUT2D eigenvalue weighted by molar-refractivity contribution is -0.384. The van der Waals surface area contributed by atoms with E-state index in [1.54, 1.807) is 7.05 Å². The molecule has 1 atom stereocenters. The van der Waals surface area contributed by atoms with E-state index >= 15 is 0 Å². The maximum Gasteiger partial charge on any atom is 0.330 e. The van der Waals surface area contributed by atoms with Crippen molar-refractivity contribution in [3.63, 3.8) is 0 Å². The highest BCUT2D eigenvalue weighted by Crippen LogP contribution is 2.21. The van der Waals surface area contributed by atoms with Gasteiger partial charge in [0.2, 0.25) is 5.82 Å². The number of nitro groups is 1. The van der Waals surface area contributed by atoms with E-state index in [0.717, 1.165) is 26.1 Å². The Labute approximate surface area is 99.3 Å². The predicted molar refractivity (Wildman–Crippen MR) is 63.9 cm³/mol. The van der Waals surface area contributed by atoms with E-state index in [1.807, 2.05) is 0 Å². The third kappa shape index (κ3) is 2.94. The molecule has 1 unspecified atom stereocenters. The summed E-state index contributed by atoms with van der Waals surface area (Å²) in [5.74, 6) is 1.04. The van der Waals surface area contributed by atoms with Crippen LogP contribution >= 0.6 is 0 Å². The van der Waals surface area contributed by atoms with Gasteiger partial charge in [0.1, 0.15) is 6.20 Å². The zero-order chi connectivity index (χ0) is 12.3. The van der Waals surface area contributed by atoms with Gasteiger partial charge in [-0.25, -0.2) is 0 Å². The van der Waals surface area contributed by atoms with Crippen LogP contribution in [0.25, 0.3) is 0 Å². The van der Waals surface area contributed by atoms with Crippen molar-refractivity contribution in [1.82, 2.24) is 15.1 Å². The Morgan fingerprint density at radius 3 is 3.24 bits per heavy atom. The SMILES string of the molecule is Cn1cc([N+](=O)[O-])c(NCCC2CCNC2)n1. The van der Waals surface area contributed by atoms with Crippen molar-refractivity contribution in [3.8, 4) is 0 Å². The van der Waals surface area contributed by atoms with E-state index in [1.165, 1.54) is 17.3 Å². The lowest BCUT2D eigenvalue weighted by Gasteiger charge is -2.08. The van der Waals surface area contributed by atoms with E-state index in [2.05, 4.69) is 15.7 Å². The zero-order valence-corrected chi connectivity index (χ0v) is 9.85. The Morgan fingerprint density at radius 2 is 2.59 bits per heavy atom. The minimum absolute atomic E-state index is 0.0389. The monoisotopic (exact) mass is 239 g/mol. The molecule has 1 aromatic heterocycles. The van der Waals surface area contributed by atoms with Crippen molar-refractivity contribution >= 4 is 11.5 Å². The van der Waals surface area contributed by atoms with Crippen molar-refractivity contribution in [3.05, 3.63) is 16.3 Å². The Bertz CT molecular complexity index is 397. The summed E-state index contributed by atoms with van der Waals surface area (Å²) in [5.41, 5.74) is 0.0389. The molecular formula is C10H17N5O2. The summed E-state index contributed by atoms with van der Waals surface area (Å²) in [5, 5.41) is 21.1. The topological polar surface area (TPSA) is 85.0 Å². The van der Waals surface area contributed by atoms with Crippen LogP contribution in [0.2, 0.25) is 0 Å². The van der Waals surface area contributed by atoms with Gasteiger partial charge in [0, 0.05) is 13.6 Å². The average molecular weight is 239 g/mol. The molecule has 0 radical (unpaired) electrons. The fourth-order valence-electron chi connectivity index (χ4n) is 2.09. The minimum atomic E-state index is -0.410. The number of anilines is 1. The summed E-state index contributed by atoms with van der Waals surface area (Å²) in [6, 6.07) is 0. The van der Waals surface area contributed by atoms with Crippen LogP contribution in [0.4, 0.5) is 11.5 Å². The third-order valence-electron chi connectivity index (χ3n) is 3.01. The highest BCUT2D eigenvalue weighted by molar-refractivity contribution is 5.54. The minimum Gasteiger partial charge on any atom is -0.363 e. The summed E-state index contributed by atoms with van der Waals surface area (Å²) in [4.78, 5) is 10.3. The van der Waals surface area contributed by atoms with Gasteiger partial charge < -0.3 is 10.6 Å². The van der Waals surface area contributed by atoms with E-state index in [0.29, 0.717) is 11.7 Å². The van der Waals surface area contributed by atoms with E-state index < -0.39 is 4.92 Å². The average Bonchev–Trinajstić information content (AvgIpc) is 2.88. The van der Waals surface area contributed by atoms with E-state index in [9.17, 15) is 10.1 Å². The summed E-state index contributed by atoms with van der Waals surface area (Å²) in [6.45, 7) is 2.85. The Morgan fingerprint density at radius 1 is 1.76 bits per heavy atom. The molecule has 0 aromatic carbocycles. The maximum atomic E-state index is 10.8. The molecule has 1 aliphatic heterocycles. The molecule has 0 spiro atoms. The number of hydrogen-bond acceptors (Lipinski definition) is 5. The predicted octanol–water partition coefficient (Wildman–Crippen LogP) is 0.740. The third-order valence-corrected chi connectivity index (χ3v) is 3.01. The molecule has 2 N–H and O–H groups in total. The molecule has 0 aliphatic carbocycles. The number of nitrogens with zero attached hydrogens (tertiary/aromatic N) is 3. The van der Waals surface area contributed by atoms with Crippen LogP contribution in [0.5, 0.6) is 0 Å². The molecule has 17 heavy (non-hydrogen) atoms. The van der Waals surface area contributed by atoms with Crippen LogP contribution in [-0.2, 0) is 7.05 Å². The Balaban J connectivity index is 1.87. The first-order valence-electron chi connectivity index (χ1n) is 5.79. The molecule has 1 aromatic rings. The second-order valence-corrected chi connectivity index (χ2v) is 4.37. The second-order valence-electron chi connectivity index (χ2n) is 4.37. The van der Waals surface area contributed by atoms with Crippen molar-refractivity contribution < 1.29 is 4.92 Å². The lowest BCUT2D eigenvalue weighted by Crippen LogP contribution is -2.13. The number of aromatic nitrogens is 2. The summed E-state index contributed by atoms with van der Waals surface area (Å²) in [6.07, 6.45) is 3.62. The van der Waals surface area contributed by atoms with Crippen LogP contribution in [-0.4, -0.2) is 34.3 Å². The van der Waals surface area contributed by atoms with Gasteiger partial charge in [0.15, 0.2) is 0 Å². The first-order valence-corrected chi connectivity index (χ1v) is 5.79. The molecule has 1 fully saturated rings. The lowest BCUT2D eigenvalue weighted by atomic mass is 10.1. The highest BCUT2D eigenvalue weighted by atomic mass is 16.6. The van der Waals surface area contributed by atoms with Crippen LogP contribution in [0.15, 0.2) is 6.20 Å². The van der Waals surface area contributed by atoms with Gasteiger partial charge in [-0.05, 0) is 31.8 Å². The Kier molecular flexibility index (Phi) is 3.58. The summed E-state index contributed by atoms with van der Waals surface area (Å²) >= 11 is 0. The quantitative estimate of drug-likeness (QED) is 0.584. The van der Waals surface area contributed by atoms with Crippen molar-refractivity contribution in [2.24, 2.45) is 13.0 Å². The largest absolute Gasteiger partial charge is 0.363 e. The highest BCUT2D eigenvalue weighted by Gasteiger charge is 2.19. The first kappa shape index (κ1) is 11.8. The number of aryl methyl sites for hydroxylation is 1. The zero-order valence-electron chi connectivity index (χ0n) is 9.85. The number of rotatable bonds is 5. The normalized spacial score (nSPS) is 19.5. The van der Waals surface area contributed by atoms with Crippen LogP contribution < -0.4 is 10.6 Å². The van der Waals surface area contributed by atoms with Gasteiger partial charge in [0.05, 0.1) is 4.92 Å². The molecule has 7 heteroatoms. The summed E-state index contributed by atoms with van der Waals surface area (Å²) in [7, 11) is 1.68. The maximum absolute atomic E-state index is 10.8. The first-order chi connectivity index (χ1) is 8.16. The van der Waals surface area contributed by atoms with Gasteiger partial charge in [0.25, 0.3) is 0 Å². The molecule has 2 rings (SSSR count). The number of hydrogen-bond donors (Lipinski definition) is 2. The Hall–Kier alpha value is -1.63. The molecule has 2 heterocycles. The van der Waals surface area contributed by atoms with Crippen LogP contribution in [0.1, 0.15) is 12.8 Å². The van der Waals surface area contributed by atoms with Crippen molar-refractivity contribution in [2.45, 2.75) is 12.8 Å². The second kappa shape index (κ2) is 5.13. The van der Waals surface area contributed by atoms with Crippen molar-refractivity contribution in [1.29, 1.82) is 0 Å².